The molecule has 0 saturated carbocycles. The second kappa shape index (κ2) is 6.23. The van der Waals surface area contributed by atoms with Crippen molar-refractivity contribution in [2.45, 2.75) is 19.9 Å². The molecule has 1 atom stereocenters. The Morgan fingerprint density at radius 2 is 2.05 bits per heavy atom. The maximum atomic E-state index is 13.2. The van der Waals surface area contributed by atoms with Crippen LogP contribution in [-0.2, 0) is 0 Å². The van der Waals surface area contributed by atoms with Gasteiger partial charge in [-0.05, 0) is 42.8 Å². The minimum absolute atomic E-state index is 0.0145. The van der Waals surface area contributed by atoms with Crippen molar-refractivity contribution in [1.82, 2.24) is 5.32 Å². The molecule has 1 aromatic heterocycles. The minimum Gasteiger partial charge on any atom is -0.306 e. The summed E-state index contributed by atoms with van der Waals surface area (Å²) in [4.78, 5) is 1.10. The van der Waals surface area contributed by atoms with Gasteiger partial charge in [0.05, 0.1) is 15.4 Å². The van der Waals surface area contributed by atoms with Gasteiger partial charge < -0.3 is 5.32 Å². The fourth-order valence-electron chi connectivity index (χ4n) is 1.90. The van der Waals surface area contributed by atoms with Crippen LogP contribution in [0.4, 0.5) is 4.39 Å². The lowest BCUT2D eigenvalue weighted by Gasteiger charge is -2.17. The molecule has 0 amide bonds. The van der Waals surface area contributed by atoms with Gasteiger partial charge >= 0.3 is 0 Å². The Balaban J connectivity index is 2.41. The molecular formula is C14H14Cl2FNS. The summed E-state index contributed by atoms with van der Waals surface area (Å²) in [6.45, 7) is 4.80. The number of thiophene rings is 1. The molecular weight excluding hydrogens is 304 g/mol. The normalized spacial score (nSPS) is 12.7. The fourth-order valence-corrected chi connectivity index (χ4v) is 3.42. The molecule has 1 unspecified atom stereocenters. The van der Waals surface area contributed by atoms with Gasteiger partial charge in [-0.15, -0.1) is 11.3 Å². The van der Waals surface area contributed by atoms with E-state index < -0.39 is 5.82 Å². The first-order valence-electron chi connectivity index (χ1n) is 5.97. The van der Waals surface area contributed by atoms with E-state index in [0.29, 0.717) is 0 Å². The Morgan fingerprint density at radius 3 is 2.58 bits per heavy atom. The second-order valence-corrected chi connectivity index (χ2v) is 6.36. The summed E-state index contributed by atoms with van der Waals surface area (Å²) < 4.78 is 14.0. The third-order valence-corrected chi connectivity index (χ3v) is 4.76. The molecule has 2 aromatic rings. The molecule has 0 aliphatic rings. The second-order valence-electron chi connectivity index (χ2n) is 4.27. The van der Waals surface area contributed by atoms with Crippen molar-refractivity contribution in [3.05, 3.63) is 55.4 Å². The Morgan fingerprint density at radius 1 is 1.32 bits per heavy atom. The summed E-state index contributed by atoms with van der Waals surface area (Å²) in [5, 5.41) is 3.51. The molecule has 2 rings (SSSR count). The standard InChI is InChI=1S/C14H14Cl2FNS/c1-3-18-13(12-6-8(2)14(16)19-12)9-4-5-11(17)10(15)7-9/h4-7,13,18H,3H2,1-2H3. The van der Waals surface area contributed by atoms with Crippen LogP contribution in [-0.4, -0.2) is 6.54 Å². The van der Waals surface area contributed by atoms with Crippen LogP contribution in [0.15, 0.2) is 24.3 Å². The molecule has 0 bridgehead atoms. The van der Waals surface area contributed by atoms with Crippen LogP contribution in [0.25, 0.3) is 0 Å². The SMILES string of the molecule is CCNC(c1ccc(F)c(Cl)c1)c1cc(C)c(Cl)s1. The molecule has 0 fully saturated rings. The quantitative estimate of drug-likeness (QED) is 0.817. The van der Waals surface area contributed by atoms with Crippen molar-refractivity contribution in [3.63, 3.8) is 0 Å². The van der Waals surface area contributed by atoms with Crippen LogP contribution in [0, 0.1) is 12.7 Å². The van der Waals surface area contributed by atoms with E-state index in [2.05, 4.69) is 11.4 Å². The Labute approximate surface area is 126 Å². The molecule has 102 valence electrons. The van der Waals surface area contributed by atoms with Gasteiger partial charge in [-0.1, -0.05) is 36.2 Å². The van der Waals surface area contributed by atoms with Crippen LogP contribution >= 0.6 is 34.5 Å². The van der Waals surface area contributed by atoms with Gasteiger partial charge in [0.2, 0.25) is 0 Å². The van der Waals surface area contributed by atoms with Crippen molar-refractivity contribution in [3.8, 4) is 0 Å². The van der Waals surface area contributed by atoms with Crippen LogP contribution < -0.4 is 5.32 Å². The van der Waals surface area contributed by atoms with Crippen molar-refractivity contribution in [1.29, 1.82) is 0 Å². The molecule has 0 saturated heterocycles. The number of hydrogen-bond donors (Lipinski definition) is 1. The summed E-state index contributed by atoms with van der Waals surface area (Å²) in [5.74, 6) is -0.402. The van der Waals surface area contributed by atoms with E-state index in [1.807, 2.05) is 13.8 Å². The van der Waals surface area contributed by atoms with E-state index in [4.69, 9.17) is 23.2 Å². The predicted molar refractivity (Wildman–Crippen MR) is 81.0 cm³/mol. The number of rotatable bonds is 4. The fraction of sp³-hybridized carbons (Fsp3) is 0.286. The highest BCUT2D eigenvalue weighted by Gasteiger charge is 2.17. The highest BCUT2D eigenvalue weighted by Crippen LogP contribution is 2.35. The maximum absolute atomic E-state index is 13.2. The summed E-state index contributed by atoms with van der Waals surface area (Å²) in [6.07, 6.45) is 0. The average Bonchev–Trinajstić information content (AvgIpc) is 2.70. The van der Waals surface area contributed by atoms with Gasteiger partial charge in [-0.2, -0.15) is 0 Å². The van der Waals surface area contributed by atoms with Crippen molar-refractivity contribution >= 4 is 34.5 Å². The van der Waals surface area contributed by atoms with Crippen molar-refractivity contribution in [2.24, 2.45) is 0 Å². The molecule has 1 nitrogen and oxygen atoms in total. The number of benzene rings is 1. The van der Waals surface area contributed by atoms with Crippen LogP contribution in [0.5, 0.6) is 0 Å². The van der Waals surface area contributed by atoms with E-state index in [1.165, 1.54) is 17.4 Å². The zero-order chi connectivity index (χ0) is 14.0. The molecule has 19 heavy (non-hydrogen) atoms. The first-order chi connectivity index (χ1) is 9.02. The molecule has 0 aliphatic carbocycles. The van der Waals surface area contributed by atoms with Crippen LogP contribution in [0.3, 0.4) is 0 Å². The molecule has 0 spiro atoms. The molecule has 1 N–H and O–H groups in total. The lowest BCUT2D eigenvalue weighted by atomic mass is 10.0. The Bertz CT molecular complexity index is 563. The van der Waals surface area contributed by atoms with Crippen molar-refractivity contribution < 1.29 is 4.39 Å². The van der Waals surface area contributed by atoms with E-state index in [0.717, 1.165) is 26.9 Å². The zero-order valence-electron chi connectivity index (χ0n) is 10.6. The van der Waals surface area contributed by atoms with Crippen LogP contribution in [0.1, 0.15) is 29.0 Å². The van der Waals surface area contributed by atoms with E-state index in [-0.39, 0.29) is 11.1 Å². The number of halogens is 3. The van der Waals surface area contributed by atoms with Crippen molar-refractivity contribution in [2.75, 3.05) is 6.54 Å². The van der Waals surface area contributed by atoms with Gasteiger partial charge in [0.1, 0.15) is 5.82 Å². The van der Waals surface area contributed by atoms with Gasteiger partial charge in [0.25, 0.3) is 0 Å². The molecule has 0 radical (unpaired) electrons. The van der Waals surface area contributed by atoms with Gasteiger partial charge in [-0.3, -0.25) is 0 Å². The van der Waals surface area contributed by atoms with Gasteiger partial charge in [-0.25, -0.2) is 4.39 Å². The van der Waals surface area contributed by atoms with Gasteiger partial charge in [0.15, 0.2) is 0 Å². The highest BCUT2D eigenvalue weighted by atomic mass is 35.5. The maximum Gasteiger partial charge on any atom is 0.141 e. The summed E-state index contributed by atoms with van der Waals surface area (Å²) in [7, 11) is 0. The third kappa shape index (κ3) is 3.29. The summed E-state index contributed by atoms with van der Waals surface area (Å²) in [5.41, 5.74) is 1.99. The topological polar surface area (TPSA) is 12.0 Å². The monoisotopic (exact) mass is 317 g/mol. The lowest BCUT2D eigenvalue weighted by molar-refractivity contribution is 0.617. The first-order valence-corrected chi connectivity index (χ1v) is 7.54. The summed E-state index contributed by atoms with van der Waals surface area (Å²) in [6, 6.07) is 6.84. The summed E-state index contributed by atoms with van der Waals surface area (Å²) >= 11 is 13.5. The molecule has 1 heterocycles. The predicted octanol–water partition coefficient (Wildman–Crippen LogP) is 5.20. The first kappa shape index (κ1) is 14.8. The van der Waals surface area contributed by atoms with E-state index in [1.54, 1.807) is 12.1 Å². The Kier molecular flexibility index (Phi) is 4.85. The molecule has 0 aliphatic heterocycles. The number of aryl methyl sites for hydroxylation is 1. The number of hydrogen-bond acceptors (Lipinski definition) is 2. The highest BCUT2D eigenvalue weighted by molar-refractivity contribution is 7.16. The van der Waals surface area contributed by atoms with E-state index in [9.17, 15) is 4.39 Å². The Hall–Kier alpha value is -0.610. The van der Waals surface area contributed by atoms with Gasteiger partial charge in [0, 0.05) is 4.88 Å². The number of nitrogens with one attached hydrogen (secondary N) is 1. The minimum atomic E-state index is -0.402. The average molecular weight is 318 g/mol. The lowest BCUT2D eigenvalue weighted by Crippen LogP contribution is -2.21. The molecule has 5 heteroatoms. The van der Waals surface area contributed by atoms with Crippen LogP contribution in [0.2, 0.25) is 9.36 Å². The molecule has 1 aromatic carbocycles. The van der Waals surface area contributed by atoms with E-state index >= 15 is 0 Å². The largest absolute Gasteiger partial charge is 0.306 e. The third-order valence-electron chi connectivity index (χ3n) is 2.85. The smallest absolute Gasteiger partial charge is 0.141 e. The zero-order valence-corrected chi connectivity index (χ0v) is 13.0.